The second-order valence-corrected chi connectivity index (χ2v) is 5.74. The molecule has 0 saturated carbocycles. The van der Waals surface area contributed by atoms with Gasteiger partial charge >= 0.3 is 0 Å². The van der Waals surface area contributed by atoms with Crippen LogP contribution in [0.15, 0.2) is 30.3 Å². The highest BCUT2D eigenvalue weighted by molar-refractivity contribution is 5.60. The van der Waals surface area contributed by atoms with Crippen molar-refractivity contribution in [2.75, 3.05) is 6.61 Å². The summed E-state index contributed by atoms with van der Waals surface area (Å²) in [6.45, 7) is 0.0540. The normalized spacial score (nSPS) is 25.7. The highest BCUT2D eigenvalue weighted by Crippen LogP contribution is 2.54. The molecule has 0 radical (unpaired) electrons. The van der Waals surface area contributed by atoms with Gasteiger partial charge in [-0.25, -0.2) is 0 Å². The van der Waals surface area contributed by atoms with Gasteiger partial charge in [-0.2, -0.15) is 0 Å². The molecular weight excluding hydrogens is 272 g/mol. The molecule has 1 heterocycles. The zero-order valence-electron chi connectivity index (χ0n) is 11.1. The first-order chi connectivity index (χ1) is 9.99. The van der Waals surface area contributed by atoms with E-state index in [9.17, 15) is 20.4 Å². The second kappa shape index (κ2) is 3.83. The molecule has 2 aliphatic rings. The molecule has 5 nitrogen and oxygen atoms in total. The number of phenols is 3. The quantitative estimate of drug-likeness (QED) is 0.552. The molecule has 2 aromatic rings. The predicted octanol–water partition coefficient (Wildman–Crippen LogP) is 1.61. The van der Waals surface area contributed by atoms with Crippen molar-refractivity contribution in [2.45, 2.75) is 17.9 Å². The highest BCUT2D eigenvalue weighted by atomic mass is 16.5. The van der Waals surface area contributed by atoms with Gasteiger partial charge in [-0.3, -0.25) is 0 Å². The second-order valence-electron chi connectivity index (χ2n) is 5.74. The lowest BCUT2D eigenvalue weighted by Crippen LogP contribution is -2.43. The van der Waals surface area contributed by atoms with E-state index in [0.29, 0.717) is 17.7 Å². The highest BCUT2D eigenvalue weighted by Gasteiger charge is 2.50. The Balaban J connectivity index is 1.97. The van der Waals surface area contributed by atoms with Crippen LogP contribution < -0.4 is 4.74 Å². The van der Waals surface area contributed by atoms with Crippen LogP contribution in [-0.4, -0.2) is 32.6 Å². The lowest BCUT2D eigenvalue weighted by Gasteiger charge is -2.36. The molecule has 1 aliphatic carbocycles. The van der Waals surface area contributed by atoms with Gasteiger partial charge in [-0.1, -0.05) is 12.1 Å². The third kappa shape index (κ3) is 1.55. The first kappa shape index (κ1) is 12.3. The average Bonchev–Trinajstić information content (AvgIpc) is 2.71. The Bertz CT molecular complexity index is 755. The van der Waals surface area contributed by atoms with Gasteiger partial charge in [-0.05, 0) is 29.3 Å². The molecule has 0 saturated heterocycles. The van der Waals surface area contributed by atoms with E-state index in [4.69, 9.17) is 4.74 Å². The summed E-state index contributed by atoms with van der Waals surface area (Å²) in [7, 11) is 0. The topological polar surface area (TPSA) is 90.2 Å². The minimum atomic E-state index is -1.14. The summed E-state index contributed by atoms with van der Waals surface area (Å²) in [6.07, 6.45) is 0.329. The molecule has 2 aromatic carbocycles. The van der Waals surface area contributed by atoms with E-state index in [1.54, 1.807) is 12.1 Å². The Morgan fingerprint density at radius 2 is 1.76 bits per heavy atom. The van der Waals surface area contributed by atoms with E-state index in [2.05, 4.69) is 0 Å². The van der Waals surface area contributed by atoms with Crippen LogP contribution in [0.3, 0.4) is 0 Å². The number of aromatic hydroxyl groups is 3. The summed E-state index contributed by atoms with van der Waals surface area (Å²) in [5, 5.41) is 40.2. The smallest absolute Gasteiger partial charge is 0.164 e. The predicted molar refractivity (Wildman–Crippen MR) is 73.9 cm³/mol. The van der Waals surface area contributed by atoms with Gasteiger partial charge < -0.3 is 25.2 Å². The monoisotopic (exact) mass is 286 g/mol. The molecule has 5 heteroatoms. The first-order valence-corrected chi connectivity index (χ1v) is 6.71. The van der Waals surface area contributed by atoms with E-state index >= 15 is 0 Å². The van der Waals surface area contributed by atoms with Gasteiger partial charge in [0.05, 0.1) is 0 Å². The molecule has 4 N–H and O–H groups in total. The van der Waals surface area contributed by atoms with Crippen LogP contribution in [0.4, 0.5) is 0 Å². The summed E-state index contributed by atoms with van der Waals surface area (Å²) >= 11 is 0. The van der Waals surface area contributed by atoms with Gasteiger partial charge in [0.15, 0.2) is 23.0 Å². The van der Waals surface area contributed by atoms with Crippen LogP contribution in [0, 0.1) is 0 Å². The molecule has 0 amide bonds. The Labute approximate surface area is 120 Å². The minimum absolute atomic E-state index is 0.0333. The molecule has 0 unspecified atom stereocenters. The minimum Gasteiger partial charge on any atom is -0.504 e. The number of hydrogen-bond acceptors (Lipinski definition) is 5. The van der Waals surface area contributed by atoms with Gasteiger partial charge in [0.1, 0.15) is 12.2 Å². The summed E-state index contributed by atoms with van der Waals surface area (Å²) in [4.78, 5) is 0. The molecule has 2 atom stereocenters. The third-order valence-corrected chi connectivity index (χ3v) is 4.38. The lowest BCUT2D eigenvalue weighted by atomic mass is 9.80. The number of phenolic OH excluding ortho intramolecular Hbond substituents is 3. The third-order valence-electron chi connectivity index (χ3n) is 4.38. The van der Waals surface area contributed by atoms with E-state index < -0.39 is 11.5 Å². The Hall–Kier alpha value is -2.40. The Kier molecular flexibility index (Phi) is 2.25. The van der Waals surface area contributed by atoms with Crippen LogP contribution in [0.2, 0.25) is 0 Å². The summed E-state index contributed by atoms with van der Waals surface area (Å²) in [5.74, 6) is -0.410. The SMILES string of the molecule is Oc1cc2c(cc1O)[C@@H]1c3cccc(O)c3OC[C@]1(O)C2. The maximum atomic E-state index is 10.9. The zero-order chi connectivity index (χ0) is 14.8. The zero-order valence-corrected chi connectivity index (χ0v) is 11.1. The van der Waals surface area contributed by atoms with E-state index in [-0.39, 0.29) is 23.9 Å². The fraction of sp³-hybridized carbons (Fsp3) is 0.250. The maximum Gasteiger partial charge on any atom is 0.164 e. The molecule has 0 aromatic heterocycles. The van der Waals surface area contributed by atoms with Crippen molar-refractivity contribution in [2.24, 2.45) is 0 Å². The van der Waals surface area contributed by atoms with E-state index in [0.717, 1.165) is 11.1 Å². The molecular formula is C16H14O5. The fourth-order valence-electron chi connectivity index (χ4n) is 3.49. The van der Waals surface area contributed by atoms with Crippen molar-refractivity contribution in [3.05, 3.63) is 47.0 Å². The number of rotatable bonds is 0. The standard InChI is InChI=1S/C16H14O5/c17-11-3-1-2-9-14-10-5-13(19)12(18)4-8(10)6-16(14,20)7-21-15(9)11/h1-5,14,17-20H,6-7H2/t14-,16+/m0/s1. The van der Waals surface area contributed by atoms with Gasteiger partial charge in [0, 0.05) is 17.9 Å². The fourth-order valence-corrected chi connectivity index (χ4v) is 3.49. The number of para-hydroxylation sites is 1. The first-order valence-electron chi connectivity index (χ1n) is 6.71. The summed E-state index contributed by atoms with van der Waals surface area (Å²) in [6, 6.07) is 7.98. The van der Waals surface area contributed by atoms with Crippen LogP contribution >= 0.6 is 0 Å². The Morgan fingerprint density at radius 1 is 1.00 bits per heavy atom. The van der Waals surface area contributed by atoms with Gasteiger partial charge in [-0.15, -0.1) is 0 Å². The van der Waals surface area contributed by atoms with Crippen LogP contribution in [-0.2, 0) is 6.42 Å². The molecule has 4 rings (SSSR count). The molecule has 1 aliphatic heterocycles. The van der Waals surface area contributed by atoms with Gasteiger partial charge in [0.25, 0.3) is 0 Å². The van der Waals surface area contributed by atoms with E-state index in [1.165, 1.54) is 18.2 Å². The van der Waals surface area contributed by atoms with Crippen LogP contribution in [0.1, 0.15) is 22.6 Å². The number of ether oxygens (including phenoxy) is 1. The molecule has 108 valence electrons. The van der Waals surface area contributed by atoms with Crippen LogP contribution in [0.25, 0.3) is 0 Å². The summed E-state index contributed by atoms with van der Waals surface area (Å²) < 4.78 is 5.54. The van der Waals surface area contributed by atoms with Crippen molar-refractivity contribution in [3.63, 3.8) is 0 Å². The van der Waals surface area contributed by atoms with Crippen molar-refractivity contribution in [3.8, 4) is 23.0 Å². The largest absolute Gasteiger partial charge is 0.504 e. The number of benzene rings is 2. The molecule has 0 fully saturated rings. The number of aliphatic hydroxyl groups is 1. The molecule has 0 bridgehead atoms. The van der Waals surface area contributed by atoms with Crippen molar-refractivity contribution in [1.29, 1.82) is 0 Å². The average molecular weight is 286 g/mol. The van der Waals surface area contributed by atoms with E-state index in [1.807, 2.05) is 0 Å². The van der Waals surface area contributed by atoms with Crippen molar-refractivity contribution < 1.29 is 25.2 Å². The molecule has 21 heavy (non-hydrogen) atoms. The van der Waals surface area contributed by atoms with Gasteiger partial charge in [0.2, 0.25) is 0 Å². The van der Waals surface area contributed by atoms with Crippen LogP contribution in [0.5, 0.6) is 23.0 Å². The maximum absolute atomic E-state index is 10.9. The van der Waals surface area contributed by atoms with Crippen molar-refractivity contribution in [1.82, 2.24) is 0 Å². The van der Waals surface area contributed by atoms with Crippen molar-refractivity contribution >= 4 is 0 Å². The lowest BCUT2D eigenvalue weighted by molar-refractivity contribution is -0.0226. The molecule has 0 spiro atoms. The summed E-state index contributed by atoms with van der Waals surface area (Å²) in [5.41, 5.74) is 1.08. The number of hydrogen-bond donors (Lipinski definition) is 4. The number of fused-ring (bicyclic) bond motifs is 5. The Morgan fingerprint density at radius 3 is 2.57 bits per heavy atom.